The average Bonchev–Trinajstić information content (AvgIpc) is 2.35. The maximum absolute atomic E-state index is 12.2. The van der Waals surface area contributed by atoms with Crippen LogP contribution in [0.5, 0.6) is 0 Å². The summed E-state index contributed by atoms with van der Waals surface area (Å²) in [6.45, 7) is 0. The molecule has 3 nitrogen and oxygen atoms in total. The Morgan fingerprint density at radius 2 is 1.68 bits per heavy atom. The minimum atomic E-state index is -3.64. The fraction of sp³-hybridized carbons (Fsp3) is 0. The number of hydrogen-bond acceptors (Lipinski definition) is 2. The van der Waals surface area contributed by atoms with Crippen LogP contribution in [0.25, 0.3) is 0 Å². The molecule has 2 aromatic rings. The molecule has 0 saturated carbocycles. The van der Waals surface area contributed by atoms with Gasteiger partial charge in [0, 0.05) is 8.95 Å². The van der Waals surface area contributed by atoms with E-state index in [0.29, 0.717) is 19.7 Å². The first-order chi connectivity index (χ1) is 8.90. The van der Waals surface area contributed by atoms with Crippen molar-refractivity contribution in [3.63, 3.8) is 0 Å². The minimum Gasteiger partial charge on any atom is -0.278 e. The molecular weight excluding hydrogens is 417 g/mol. The van der Waals surface area contributed by atoms with Crippen LogP contribution in [0.3, 0.4) is 0 Å². The zero-order valence-corrected chi connectivity index (χ0v) is 14.1. The van der Waals surface area contributed by atoms with Gasteiger partial charge in [-0.2, -0.15) is 0 Å². The quantitative estimate of drug-likeness (QED) is 0.777. The molecule has 19 heavy (non-hydrogen) atoms. The first kappa shape index (κ1) is 14.8. The van der Waals surface area contributed by atoms with E-state index in [0.717, 1.165) is 0 Å². The fourth-order valence-corrected chi connectivity index (χ4v) is 3.66. The first-order valence-electron chi connectivity index (χ1n) is 5.12. The number of para-hydroxylation sites is 1. The summed E-state index contributed by atoms with van der Waals surface area (Å²) in [6.07, 6.45) is 0. The van der Waals surface area contributed by atoms with Crippen molar-refractivity contribution in [2.75, 3.05) is 4.72 Å². The molecule has 0 saturated heterocycles. The van der Waals surface area contributed by atoms with E-state index in [4.69, 9.17) is 11.6 Å². The Balaban J connectivity index is 2.38. The van der Waals surface area contributed by atoms with Gasteiger partial charge in [-0.25, -0.2) is 8.42 Å². The molecule has 0 aliphatic rings. The van der Waals surface area contributed by atoms with Crippen LogP contribution in [0, 0.1) is 0 Å². The van der Waals surface area contributed by atoms with Crippen LogP contribution in [0.15, 0.2) is 56.3 Å². The van der Waals surface area contributed by atoms with E-state index in [9.17, 15) is 8.42 Å². The molecule has 0 atom stereocenters. The van der Waals surface area contributed by atoms with E-state index in [1.165, 1.54) is 18.2 Å². The Labute approximate surface area is 133 Å². The summed E-state index contributed by atoms with van der Waals surface area (Å²) in [7, 11) is -3.64. The van der Waals surface area contributed by atoms with E-state index in [-0.39, 0.29) is 4.90 Å². The molecular formula is C12H8Br2ClNO2S. The van der Waals surface area contributed by atoms with Crippen molar-refractivity contribution < 1.29 is 8.42 Å². The van der Waals surface area contributed by atoms with Crippen LogP contribution in [-0.4, -0.2) is 8.42 Å². The summed E-state index contributed by atoms with van der Waals surface area (Å²) in [5, 5.41) is 0.458. The number of sulfonamides is 1. The van der Waals surface area contributed by atoms with Crippen LogP contribution in [0.2, 0.25) is 5.02 Å². The van der Waals surface area contributed by atoms with Gasteiger partial charge >= 0.3 is 0 Å². The number of halogens is 3. The lowest BCUT2D eigenvalue weighted by Crippen LogP contribution is -2.13. The molecule has 1 N–H and O–H groups in total. The lowest BCUT2D eigenvalue weighted by atomic mass is 10.3. The lowest BCUT2D eigenvalue weighted by molar-refractivity contribution is 0.601. The van der Waals surface area contributed by atoms with Gasteiger partial charge in [-0.3, -0.25) is 4.72 Å². The van der Waals surface area contributed by atoms with E-state index in [1.54, 1.807) is 24.3 Å². The third kappa shape index (κ3) is 3.51. The summed E-state index contributed by atoms with van der Waals surface area (Å²) >= 11 is 12.3. The van der Waals surface area contributed by atoms with Crippen molar-refractivity contribution in [3.8, 4) is 0 Å². The summed E-state index contributed by atoms with van der Waals surface area (Å²) in [4.78, 5) is 0.138. The molecule has 0 aromatic heterocycles. The zero-order chi connectivity index (χ0) is 14.0. The topological polar surface area (TPSA) is 46.2 Å². The fourth-order valence-electron chi connectivity index (χ4n) is 1.39. The van der Waals surface area contributed by atoms with Gasteiger partial charge in [0.1, 0.15) is 0 Å². The number of rotatable bonds is 3. The van der Waals surface area contributed by atoms with E-state index >= 15 is 0 Å². The third-order valence-electron chi connectivity index (χ3n) is 2.32. The Bertz CT molecular complexity index is 719. The maximum Gasteiger partial charge on any atom is 0.261 e. The lowest BCUT2D eigenvalue weighted by Gasteiger charge is -2.10. The SMILES string of the molecule is O=S(=O)(Nc1ccccc1Br)c1ccc(Cl)c(Br)c1. The summed E-state index contributed by atoms with van der Waals surface area (Å²) in [6, 6.07) is 11.4. The smallest absolute Gasteiger partial charge is 0.261 e. The summed E-state index contributed by atoms with van der Waals surface area (Å²) in [5.74, 6) is 0. The van der Waals surface area contributed by atoms with Gasteiger partial charge in [0.15, 0.2) is 0 Å². The average molecular weight is 426 g/mol. The second-order valence-electron chi connectivity index (χ2n) is 3.66. The molecule has 0 fully saturated rings. The van der Waals surface area contributed by atoms with Crippen LogP contribution in [0.4, 0.5) is 5.69 Å². The number of hydrogen-bond donors (Lipinski definition) is 1. The molecule has 100 valence electrons. The Morgan fingerprint density at radius 3 is 2.32 bits per heavy atom. The number of anilines is 1. The highest BCUT2D eigenvalue weighted by Gasteiger charge is 2.16. The van der Waals surface area contributed by atoms with E-state index < -0.39 is 10.0 Å². The first-order valence-corrected chi connectivity index (χ1v) is 8.57. The molecule has 2 aromatic carbocycles. The molecule has 2 rings (SSSR count). The van der Waals surface area contributed by atoms with Crippen molar-refractivity contribution in [3.05, 3.63) is 56.4 Å². The molecule has 0 unspecified atom stereocenters. The molecule has 0 heterocycles. The van der Waals surface area contributed by atoms with Gasteiger partial charge < -0.3 is 0 Å². The van der Waals surface area contributed by atoms with Gasteiger partial charge in [-0.1, -0.05) is 23.7 Å². The van der Waals surface area contributed by atoms with Crippen molar-refractivity contribution in [1.82, 2.24) is 0 Å². The van der Waals surface area contributed by atoms with Crippen LogP contribution in [0.1, 0.15) is 0 Å². The third-order valence-corrected chi connectivity index (χ3v) is 5.59. The second-order valence-corrected chi connectivity index (χ2v) is 7.46. The minimum absolute atomic E-state index is 0.138. The maximum atomic E-state index is 12.2. The number of benzene rings is 2. The predicted molar refractivity (Wildman–Crippen MR) is 84.1 cm³/mol. The molecule has 0 aliphatic heterocycles. The van der Waals surface area contributed by atoms with Crippen molar-refractivity contribution in [1.29, 1.82) is 0 Å². The number of nitrogens with one attached hydrogen (secondary N) is 1. The Morgan fingerprint density at radius 1 is 1.00 bits per heavy atom. The highest BCUT2D eigenvalue weighted by molar-refractivity contribution is 9.11. The molecule has 0 radical (unpaired) electrons. The van der Waals surface area contributed by atoms with Gasteiger partial charge in [-0.15, -0.1) is 0 Å². The summed E-state index contributed by atoms with van der Waals surface area (Å²) in [5.41, 5.74) is 0.480. The van der Waals surface area contributed by atoms with Crippen LogP contribution < -0.4 is 4.72 Å². The second kappa shape index (κ2) is 5.83. The van der Waals surface area contributed by atoms with Gasteiger partial charge in [0.2, 0.25) is 0 Å². The molecule has 0 spiro atoms. The van der Waals surface area contributed by atoms with Gasteiger partial charge in [-0.05, 0) is 62.2 Å². The molecule has 7 heteroatoms. The molecule has 0 amide bonds. The van der Waals surface area contributed by atoms with Crippen molar-refractivity contribution in [2.24, 2.45) is 0 Å². The monoisotopic (exact) mass is 423 g/mol. The highest BCUT2D eigenvalue weighted by Crippen LogP contribution is 2.28. The van der Waals surface area contributed by atoms with Crippen molar-refractivity contribution >= 4 is 59.2 Å². The van der Waals surface area contributed by atoms with Gasteiger partial charge in [0.05, 0.1) is 15.6 Å². The van der Waals surface area contributed by atoms with Crippen molar-refractivity contribution in [2.45, 2.75) is 4.90 Å². The zero-order valence-electron chi connectivity index (χ0n) is 9.40. The van der Waals surface area contributed by atoms with Gasteiger partial charge in [0.25, 0.3) is 10.0 Å². The standard InChI is InChI=1S/C12H8Br2ClNO2S/c13-9-3-1-2-4-12(9)16-19(17,18)8-5-6-11(15)10(14)7-8/h1-7,16H. The highest BCUT2D eigenvalue weighted by atomic mass is 79.9. The summed E-state index contributed by atoms with van der Waals surface area (Å²) < 4.78 is 28.2. The Hall–Kier alpha value is -0.560. The molecule has 0 aliphatic carbocycles. The van der Waals surface area contributed by atoms with Crippen LogP contribution in [-0.2, 0) is 10.0 Å². The van der Waals surface area contributed by atoms with E-state index in [2.05, 4.69) is 36.6 Å². The molecule has 0 bridgehead atoms. The van der Waals surface area contributed by atoms with E-state index in [1.807, 2.05) is 0 Å². The largest absolute Gasteiger partial charge is 0.278 e. The van der Waals surface area contributed by atoms with Crippen LogP contribution >= 0.6 is 43.5 Å². The normalized spacial score (nSPS) is 11.3. The predicted octanol–water partition coefficient (Wildman–Crippen LogP) is 4.67. The Kier molecular flexibility index (Phi) is 4.55.